The molecule has 3 N–H and O–H groups in total. The van der Waals surface area contributed by atoms with Crippen LogP contribution in [-0.2, 0) is 19.0 Å². The smallest absolute Gasteiger partial charge is 0.436 e. The molecule has 1 atom stereocenters. The Morgan fingerprint density at radius 2 is 1.61 bits per heavy atom. The van der Waals surface area contributed by atoms with Crippen molar-refractivity contribution in [2.45, 2.75) is 78.0 Å². The van der Waals surface area contributed by atoms with E-state index < -0.39 is 23.3 Å². The fourth-order valence-corrected chi connectivity index (χ4v) is 1.72. The molecule has 0 saturated heterocycles. The zero-order valence-electron chi connectivity index (χ0n) is 17.6. The first kappa shape index (κ1) is 30.8. The lowest BCUT2D eigenvalue weighted by molar-refractivity contribution is -0.158. The minimum absolute atomic E-state index is 0. The van der Waals surface area contributed by atoms with Gasteiger partial charge in [0.1, 0.15) is 24.0 Å². The van der Waals surface area contributed by atoms with E-state index in [0.717, 1.165) is 19.2 Å². The molecule has 0 fully saturated rings. The number of unbranched alkanes of at least 4 members (excludes halogenated alkanes) is 1. The predicted molar refractivity (Wildman–Crippen MR) is 107 cm³/mol. The molecular weight excluding hydrogens is 390 g/mol. The van der Waals surface area contributed by atoms with Gasteiger partial charge in [0, 0.05) is 10.8 Å². The van der Waals surface area contributed by atoms with E-state index in [-0.39, 0.29) is 25.1 Å². The lowest BCUT2D eigenvalue weighted by Crippen LogP contribution is -2.42. The number of rotatable bonds is 9. The summed E-state index contributed by atoms with van der Waals surface area (Å²) in [5, 5.41) is 14.9. The van der Waals surface area contributed by atoms with Crippen LogP contribution in [0.5, 0.6) is 0 Å². The first-order valence-corrected chi connectivity index (χ1v) is 8.68. The highest BCUT2D eigenvalue weighted by atomic mass is 35.5. The van der Waals surface area contributed by atoms with Crippen molar-refractivity contribution in [2.24, 2.45) is 10.7 Å². The van der Waals surface area contributed by atoms with Crippen molar-refractivity contribution in [1.82, 2.24) is 5.32 Å². The maximum Gasteiger partial charge on any atom is 0.436 e. The number of halogens is 1. The Balaban J connectivity index is -0.00000201. The summed E-state index contributed by atoms with van der Waals surface area (Å²) in [6, 6.07) is -0.513. The van der Waals surface area contributed by atoms with Crippen molar-refractivity contribution in [2.75, 3.05) is 13.3 Å². The van der Waals surface area contributed by atoms with Gasteiger partial charge in [0.15, 0.2) is 6.40 Å². The van der Waals surface area contributed by atoms with Gasteiger partial charge in [-0.05, 0) is 60.9 Å². The van der Waals surface area contributed by atoms with Crippen LogP contribution in [0.1, 0.15) is 60.8 Å². The zero-order valence-corrected chi connectivity index (χ0v) is 18.4. The first-order chi connectivity index (χ1) is 12.4. The standard InChI is InChI=1S/C17H33N3O5.ClH.N2/c1-16(2,3)24-14(21)13(9-7-8-10-18)19-11-23-12-20-15(22)25-17(4,5)6;;1-2/h12-13,19H,7-11,18H2,1-6H3;1H;/t13-;;/m0../s1. The van der Waals surface area contributed by atoms with E-state index in [1.807, 2.05) is 20.8 Å². The van der Waals surface area contributed by atoms with Gasteiger partial charge in [-0.15, -0.1) is 17.4 Å². The number of carbonyl (C=O) groups excluding carboxylic acids is 2. The van der Waals surface area contributed by atoms with Crippen molar-refractivity contribution in [3.63, 3.8) is 0 Å². The monoisotopic (exact) mass is 423 g/mol. The molecule has 0 unspecified atom stereocenters. The average molecular weight is 424 g/mol. The molecule has 0 heterocycles. The third-order valence-electron chi connectivity index (χ3n) is 2.68. The number of nitrogens with two attached hydrogens (primary N) is 1. The highest BCUT2D eigenvalue weighted by molar-refractivity contribution is 5.85. The molecule has 0 saturated carbocycles. The van der Waals surface area contributed by atoms with Crippen LogP contribution >= 0.6 is 12.4 Å². The number of esters is 1. The molecule has 0 aliphatic rings. The summed E-state index contributed by atoms with van der Waals surface area (Å²) in [5.74, 6) is -0.350. The second kappa shape index (κ2) is 16.0. The van der Waals surface area contributed by atoms with Crippen molar-refractivity contribution in [3.05, 3.63) is 0 Å². The lowest BCUT2D eigenvalue weighted by Gasteiger charge is -2.24. The molecule has 11 heteroatoms. The van der Waals surface area contributed by atoms with Gasteiger partial charge in [0.2, 0.25) is 0 Å². The molecule has 0 bridgehead atoms. The molecule has 0 radical (unpaired) electrons. The summed E-state index contributed by atoms with van der Waals surface area (Å²) in [6.45, 7) is 11.3. The van der Waals surface area contributed by atoms with Gasteiger partial charge >= 0.3 is 12.1 Å². The van der Waals surface area contributed by atoms with Crippen molar-refractivity contribution >= 4 is 30.9 Å². The summed E-state index contributed by atoms with van der Waals surface area (Å²) >= 11 is 0. The summed E-state index contributed by atoms with van der Waals surface area (Å²) in [6.07, 6.45) is 2.45. The topological polar surface area (TPSA) is 160 Å². The normalized spacial score (nSPS) is 12.2. The molecular formula is C17H34ClN5O5. The Bertz CT molecular complexity index is 487. The van der Waals surface area contributed by atoms with E-state index in [1.165, 1.54) is 0 Å². The SMILES string of the molecule is CC(C)(C)OC(=O)N=COCN[C@@H](CCCCN)C(=O)OC(C)(C)C.Cl.N#N. The van der Waals surface area contributed by atoms with Crippen LogP contribution in [0.15, 0.2) is 4.99 Å². The van der Waals surface area contributed by atoms with Crippen LogP contribution in [-0.4, -0.2) is 49.0 Å². The number of hydrogen-bond donors (Lipinski definition) is 2. The van der Waals surface area contributed by atoms with Gasteiger partial charge in [-0.3, -0.25) is 10.1 Å². The molecule has 0 aromatic heterocycles. The molecule has 0 spiro atoms. The molecule has 0 rings (SSSR count). The predicted octanol–water partition coefficient (Wildman–Crippen LogP) is 2.80. The summed E-state index contributed by atoms with van der Waals surface area (Å²) in [7, 11) is 0. The van der Waals surface area contributed by atoms with Crippen LogP contribution in [0.25, 0.3) is 0 Å². The Hall–Kier alpha value is -1.96. The maximum atomic E-state index is 12.2. The number of nitrogens with zero attached hydrogens (tertiary/aromatic N) is 3. The minimum Gasteiger partial charge on any atom is -0.468 e. The third kappa shape index (κ3) is 20.4. The number of hydrogen-bond acceptors (Lipinski definition) is 9. The quantitative estimate of drug-likeness (QED) is 0.142. The Kier molecular flexibility index (Phi) is 17.6. The van der Waals surface area contributed by atoms with Crippen LogP contribution in [0.3, 0.4) is 0 Å². The summed E-state index contributed by atoms with van der Waals surface area (Å²) in [5.41, 5.74) is 4.30. The molecule has 10 nitrogen and oxygen atoms in total. The Labute approximate surface area is 173 Å². The second-order valence-electron chi connectivity index (χ2n) is 7.60. The summed E-state index contributed by atoms with van der Waals surface area (Å²) in [4.78, 5) is 27.1. The third-order valence-corrected chi connectivity index (χ3v) is 2.68. The van der Waals surface area contributed by atoms with Gasteiger partial charge in [-0.2, -0.15) is 0 Å². The van der Waals surface area contributed by atoms with Crippen molar-refractivity contribution in [1.29, 1.82) is 10.8 Å². The molecule has 164 valence electrons. The van der Waals surface area contributed by atoms with Crippen LogP contribution in [0, 0.1) is 10.8 Å². The van der Waals surface area contributed by atoms with E-state index in [2.05, 4.69) is 10.3 Å². The van der Waals surface area contributed by atoms with Crippen molar-refractivity contribution < 1.29 is 23.8 Å². The Morgan fingerprint density at radius 3 is 2.07 bits per heavy atom. The van der Waals surface area contributed by atoms with E-state index in [4.69, 9.17) is 30.7 Å². The second-order valence-corrected chi connectivity index (χ2v) is 7.60. The van der Waals surface area contributed by atoms with Gasteiger partial charge in [-0.1, -0.05) is 6.42 Å². The van der Waals surface area contributed by atoms with Crippen LogP contribution < -0.4 is 11.1 Å². The van der Waals surface area contributed by atoms with Crippen LogP contribution in [0.2, 0.25) is 0 Å². The fraction of sp³-hybridized carbons (Fsp3) is 0.824. The van der Waals surface area contributed by atoms with Crippen LogP contribution in [0.4, 0.5) is 4.79 Å². The van der Waals surface area contributed by atoms with E-state index >= 15 is 0 Å². The number of nitrogens with one attached hydrogen (secondary N) is 1. The van der Waals surface area contributed by atoms with Gasteiger partial charge in [0.05, 0.1) is 0 Å². The molecule has 28 heavy (non-hydrogen) atoms. The molecule has 0 aliphatic heterocycles. The number of ether oxygens (including phenoxy) is 3. The van der Waals surface area contributed by atoms with E-state index in [1.54, 1.807) is 20.8 Å². The number of amides is 1. The van der Waals surface area contributed by atoms with Gasteiger partial charge in [0.25, 0.3) is 0 Å². The minimum atomic E-state index is -0.737. The lowest BCUT2D eigenvalue weighted by atomic mass is 10.1. The number of aliphatic imine (C=N–C) groups is 1. The molecule has 0 aromatic rings. The zero-order chi connectivity index (χ0) is 21.5. The average Bonchev–Trinajstić information content (AvgIpc) is 2.51. The molecule has 0 aromatic carbocycles. The Morgan fingerprint density at radius 1 is 1.07 bits per heavy atom. The number of carbonyl (C=O) groups is 2. The van der Waals surface area contributed by atoms with Gasteiger partial charge < -0.3 is 19.9 Å². The first-order valence-electron chi connectivity index (χ1n) is 8.68. The highest BCUT2D eigenvalue weighted by Crippen LogP contribution is 2.11. The van der Waals surface area contributed by atoms with Crippen molar-refractivity contribution in [3.8, 4) is 0 Å². The molecule has 1 amide bonds. The fourth-order valence-electron chi connectivity index (χ4n) is 1.72. The summed E-state index contributed by atoms with van der Waals surface area (Å²) < 4.78 is 15.5. The van der Waals surface area contributed by atoms with Gasteiger partial charge in [-0.25, -0.2) is 4.79 Å². The highest BCUT2D eigenvalue weighted by Gasteiger charge is 2.24. The molecule has 0 aliphatic carbocycles. The van der Waals surface area contributed by atoms with E-state index in [0.29, 0.717) is 13.0 Å². The largest absolute Gasteiger partial charge is 0.468 e. The maximum absolute atomic E-state index is 12.2. The van der Waals surface area contributed by atoms with E-state index in [9.17, 15) is 9.59 Å².